The number of hydrogen-bond acceptors (Lipinski definition) is 4. The standard InChI is InChI=1S/C16H29N7O.HI/c1-10(2)15-21-13-7-6-12(9-23(13)22-15)20-16(17-5)18-8-14(24)19-11(3)4;/h10-12H,6-9H2,1-5H3,(H,19,24)(H2,17,18,20);1H. The predicted octanol–water partition coefficient (Wildman–Crippen LogP) is 1.02. The number of rotatable bonds is 5. The van der Waals surface area contributed by atoms with E-state index in [9.17, 15) is 4.79 Å². The summed E-state index contributed by atoms with van der Waals surface area (Å²) in [6, 6.07) is 0.354. The number of aryl methyl sites for hydroxylation is 1. The number of guanidine groups is 1. The molecule has 2 heterocycles. The summed E-state index contributed by atoms with van der Waals surface area (Å²) >= 11 is 0. The highest BCUT2D eigenvalue weighted by molar-refractivity contribution is 14.0. The molecule has 8 nitrogen and oxygen atoms in total. The molecule has 0 fully saturated rings. The van der Waals surface area contributed by atoms with Crippen molar-refractivity contribution in [2.45, 2.75) is 65.1 Å². The van der Waals surface area contributed by atoms with Crippen LogP contribution in [0.4, 0.5) is 0 Å². The van der Waals surface area contributed by atoms with Gasteiger partial charge < -0.3 is 16.0 Å². The zero-order valence-corrected chi connectivity index (χ0v) is 18.0. The number of carbonyl (C=O) groups excluding carboxylic acids is 1. The van der Waals surface area contributed by atoms with Gasteiger partial charge in [0.2, 0.25) is 5.91 Å². The number of nitrogens with zero attached hydrogens (tertiary/aromatic N) is 4. The van der Waals surface area contributed by atoms with Crippen LogP contribution in [-0.2, 0) is 17.8 Å². The largest absolute Gasteiger partial charge is 0.352 e. The predicted molar refractivity (Wildman–Crippen MR) is 109 cm³/mol. The maximum atomic E-state index is 11.7. The maximum absolute atomic E-state index is 11.7. The zero-order chi connectivity index (χ0) is 17.7. The van der Waals surface area contributed by atoms with Gasteiger partial charge in [0, 0.05) is 31.5 Å². The molecule has 9 heteroatoms. The quantitative estimate of drug-likeness (QED) is 0.345. The van der Waals surface area contributed by atoms with Crippen LogP contribution in [0.2, 0.25) is 0 Å². The highest BCUT2D eigenvalue weighted by Gasteiger charge is 2.23. The molecule has 1 aliphatic heterocycles. The van der Waals surface area contributed by atoms with Crippen LogP contribution < -0.4 is 16.0 Å². The Hall–Kier alpha value is -1.39. The summed E-state index contributed by atoms with van der Waals surface area (Å²) in [5.74, 6) is 2.88. The molecule has 2 rings (SSSR count). The van der Waals surface area contributed by atoms with Crippen molar-refractivity contribution in [1.82, 2.24) is 30.7 Å². The summed E-state index contributed by atoms with van der Waals surface area (Å²) in [6.45, 7) is 9.04. The van der Waals surface area contributed by atoms with E-state index in [4.69, 9.17) is 0 Å². The van der Waals surface area contributed by atoms with Crippen molar-refractivity contribution >= 4 is 35.8 Å². The second-order valence-electron chi connectivity index (χ2n) is 6.75. The topological polar surface area (TPSA) is 96.2 Å². The molecule has 0 aliphatic carbocycles. The fourth-order valence-electron chi connectivity index (χ4n) is 2.62. The molecular weight excluding hydrogens is 433 g/mol. The number of aliphatic imine (C=N–C) groups is 1. The summed E-state index contributed by atoms with van der Waals surface area (Å²) in [6.07, 6.45) is 1.86. The number of nitrogens with one attached hydrogen (secondary N) is 3. The molecule has 0 bridgehead atoms. The Morgan fingerprint density at radius 1 is 1.36 bits per heavy atom. The molecule has 0 saturated carbocycles. The van der Waals surface area contributed by atoms with Crippen LogP contribution in [0.3, 0.4) is 0 Å². The van der Waals surface area contributed by atoms with Crippen LogP contribution in [0, 0.1) is 0 Å². The molecule has 1 unspecified atom stereocenters. The van der Waals surface area contributed by atoms with Crippen LogP contribution >= 0.6 is 24.0 Å². The summed E-state index contributed by atoms with van der Waals surface area (Å²) in [5.41, 5.74) is 0. The monoisotopic (exact) mass is 463 g/mol. The van der Waals surface area contributed by atoms with E-state index in [1.165, 1.54) is 0 Å². The first-order valence-corrected chi connectivity index (χ1v) is 8.59. The summed E-state index contributed by atoms with van der Waals surface area (Å²) in [4.78, 5) is 20.5. The number of aromatic nitrogens is 3. The van der Waals surface area contributed by atoms with Crippen molar-refractivity contribution < 1.29 is 4.79 Å². The second-order valence-corrected chi connectivity index (χ2v) is 6.75. The molecular formula is C16H30IN7O. The molecule has 0 aromatic carbocycles. The van der Waals surface area contributed by atoms with E-state index in [1.807, 2.05) is 18.5 Å². The highest BCUT2D eigenvalue weighted by Crippen LogP contribution is 2.16. The Bertz CT molecular complexity index is 597. The minimum Gasteiger partial charge on any atom is -0.352 e. The normalized spacial score (nSPS) is 17.1. The SMILES string of the molecule is CN=C(NCC(=O)NC(C)C)NC1CCc2nc(C(C)C)nn2C1.I. The van der Waals surface area contributed by atoms with Gasteiger partial charge >= 0.3 is 0 Å². The van der Waals surface area contributed by atoms with Crippen molar-refractivity contribution in [3.63, 3.8) is 0 Å². The first-order chi connectivity index (χ1) is 11.4. The number of amides is 1. The van der Waals surface area contributed by atoms with Gasteiger partial charge in [-0.2, -0.15) is 5.10 Å². The van der Waals surface area contributed by atoms with Gasteiger partial charge in [0.25, 0.3) is 0 Å². The highest BCUT2D eigenvalue weighted by atomic mass is 127. The Morgan fingerprint density at radius 2 is 2.08 bits per heavy atom. The van der Waals surface area contributed by atoms with Crippen LogP contribution in [0.15, 0.2) is 4.99 Å². The van der Waals surface area contributed by atoms with E-state index < -0.39 is 0 Å². The molecule has 0 spiro atoms. The fourth-order valence-corrected chi connectivity index (χ4v) is 2.62. The van der Waals surface area contributed by atoms with Crippen molar-refractivity contribution in [3.8, 4) is 0 Å². The third kappa shape index (κ3) is 6.44. The molecule has 142 valence electrons. The fraction of sp³-hybridized carbons (Fsp3) is 0.750. The van der Waals surface area contributed by atoms with Crippen molar-refractivity contribution in [3.05, 3.63) is 11.6 Å². The molecule has 0 radical (unpaired) electrons. The minimum absolute atomic E-state index is 0. The lowest BCUT2D eigenvalue weighted by atomic mass is 10.1. The Balaban J connectivity index is 0.00000312. The van der Waals surface area contributed by atoms with E-state index in [0.717, 1.165) is 31.0 Å². The van der Waals surface area contributed by atoms with Gasteiger partial charge in [0.1, 0.15) is 5.82 Å². The van der Waals surface area contributed by atoms with E-state index in [2.05, 4.69) is 44.9 Å². The Labute approximate surface area is 166 Å². The van der Waals surface area contributed by atoms with Gasteiger partial charge in [-0.25, -0.2) is 9.67 Å². The molecule has 25 heavy (non-hydrogen) atoms. The molecule has 1 aromatic rings. The summed E-state index contributed by atoms with van der Waals surface area (Å²) < 4.78 is 1.98. The first-order valence-electron chi connectivity index (χ1n) is 8.59. The van der Waals surface area contributed by atoms with Gasteiger partial charge in [-0.15, -0.1) is 24.0 Å². The van der Waals surface area contributed by atoms with Crippen LogP contribution in [0.5, 0.6) is 0 Å². The second kappa shape index (κ2) is 9.93. The number of hydrogen-bond donors (Lipinski definition) is 3. The van der Waals surface area contributed by atoms with Crippen LogP contribution in [-0.4, -0.2) is 52.3 Å². The van der Waals surface area contributed by atoms with Crippen LogP contribution in [0.1, 0.15) is 51.7 Å². The van der Waals surface area contributed by atoms with E-state index in [1.54, 1.807) is 7.05 Å². The third-order valence-electron chi connectivity index (χ3n) is 3.82. The lowest BCUT2D eigenvalue weighted by molar-refractivity contribution is -0.120. The molecule has 1 atom stereocenters. The van der Waals surface area contributed by atoms with E-state index in [-0.39, 0.29) is 48.5 Å². The lowest BCUT2D eigenvalue weighted by Gasteiger charge is -2.25. The zero-order valence-electron chi connectivity index (χ0n) is 15.7. The smallest absolute Gasteiger partial charge is 0.239 e. The van der Waals surface area contributed by atoms with Crippen LogP contribution in [0.25, 0.3) is 0 Å². The average Bonchev–Trinajstić information content (AvgIpc) is 2.94. The average molecular weight is 463 g/mol. The van der Waals surface area contributed by atoms with Crippen molar-refractivity contribution in [2.75, 3.05) is 13.6 Å². The summed E-state index contributed by atoms with van der Waals surface area (Å²) in [5, 5.41) is 13.8. The Kier molecular flexibility index (Phi) is 8.60. The molecule has 1 amide bonds. The van der Waals surface area contributed by atoms with Crippen molar-refractivity contribution in [2.24, 2.45) is 4.99 Å². The van der Waals surface area contributed by atoms with E-state index >= 15 is 0 Å². The van der Waals surface area contributed by atoms with Gasteiger partial charge in [-0.3, -0.25) is 9.79 Å². The number of carbonyl (C=O) groups is 1. The van der Waals surface area contributed by atoms with Gasteiger partial charge in [0.05, 0.1) is 13.1 Å². The number of halogens is 1. The number of fused-ring (bicyclic) bond motifs is 1. The maximum Gasteiger partial charge on any atom is 0.239 e. The molecule has 0 saturated heterocycles. The first kappa shape index (κ1) is 21.7. The minimum atomic E-state index is -0.0447. The molecule has 1 aliphatic rings. The van der Waals surface area contributed by atoms with Crippen molar-refractivity contribution in [1.29, 1.82) is 0 Å². The van der Waals surface area contributed by atoms with Gasteiger partial charge in [-0.1, -0.05) is 13.8 Å². The van der Waals surface area contributed by atoms with E-state index in [0.29, 0.717) is 11.9 Å². The lowest BCUT2D eigenvalue weighted by Crippen LogP contribution is -2.49. The molecule has 1 aromatic heterocycles. The third-order valence-corrected chi connectivity index (χ3v) is 3.82. The van der Waals surface area contributed by atoms with Gasteiger partial charge in [0.15, 0.2) is 11.8 Å². The Morgan fingerprint density at radius 3 is 2.68 bits per heavy atom. The molecule has 3 N–H and O–H groups in total. The van der Waals surface area contributed by atoms with Gasteiger partial charge in [-0.05, 0) is 20.3 Å². The summed E-state index contributed by atoms with van der Waals surface area (Å²) in [7, 11) is 1.70.